The van der Waals surface area contributed by atoms with E-state index >= 15 is 0 Å². The predicted octanol–water partition coefficient (Wildman–Crippen LogP) is 1.92. The number of nitrogens with two attached hydrogens (primary N) is 1. The van der Waals surface area contributed by atoms with E-state index in [1.807, 2.05) is 25.1 Å². The van der Waals surface area contributed by atoms with Gasteiger partial charge in [0.2, 0.25) is 0 Å². The Labute approximate surface area is 100 Å². The number of hydrogen-bond donors (Lipinski definition) is 3. The fourth-order valence-electron chi connectivity index (χ4n) is 1.91. The summed E-state index contributed by atoms with van der Waals surface area (Å²) in [6.07, 6.45) is 2.46. The van der Waals surface area contributed by atoms with Gasteiger partial charge in [-0.05, 0) is 31.0 Å². The molecule has 4 N–H and O–H groups in total. The number of nitrogens with zero attached hydrogens (tertiary/aromatic N) is 1. The highest BCUT2D eigenvalue weighted by Gasteiger charge is 2.06. The zero-order chi connectivity index (χ0) is 12.3. The van der Waals surface area contributed by atoms with Gasteiger partial charge in [0.1, 0.15) is 5.82 Å². The molecule has 0 spiro atoms. The summed E-state index contributed by atoms with van der Waals surface area (Å²) in [5, 5.41) is 14.1. The summed E-state index contributed by atoms with van der Waals surface area (Å²) in [6, 6.07) is 5.83. The maximum atomic E-state index is 8.78. The van der Waals surface area contributed by atoms with Crippen molar-refractivity contribution in [3.63, 3.8) is 0 Å². The van der Waals surface area contributed by atoms with Gasteiger partial charge in [0.05, 0.1) is 0 Å². The topological polar surface area (TPSA) is 71.2 Å². The third kappa shape index (κ3) is 2.31. The van der Waals surface area contributed by atoms with Crippen LogP contribution in [0.3, 0.4) is 0 Å². The molecule has 1 aromatic carbocycles. The molecule has 0 aliphatic heterocycles. The van der Waals surface area contributed by atoms with Gasteiger partial charge in [-0.3, -0.25) is 0 Å². The molecule has 2 aromatic rings. The van der Waals surface area contributed by atoms with E-state index in [0.717, 1.165) is 27.8 Å². The van der Waals surface area contributed by atoms with E-state index in [1.54, 1.807) is 6.20 Å². The Balaban J connectivity index is 2.45. The minimum atomic E-state index is 0.179. The molecule has 0 aliphatic rings. The lowest BCUT2D eigenvalue weighted by Gasteiger charge is -2.11. The van der Waals surface area contributed by atoms with E-state index in [9.17, 15) is 0 Å². The zero-order valence-electron chi connectivity index (χ0n) is 9.90. The highest BCUT2D eigenvalue weighted by atomic mass is 16.3. The van der Waals surface area contributed by atoms with Crippen molar-refractivity contribution < 1.29 is 5.11 Å². The molecule has 0 saturated carbocycles. The Morgan fingerprint density at radius 2 is 2.18 bits per heavy atom. The van der Waals surface area contributed by atoms with Crippen molar-refractivity contribution >= 4 is 22.3 Å². The lowest BCUT2D eigenvalue weighted by molar-refractivity contribution is 0.292. The number of pyridine rings is 1. The maximum absolute atomic E-state index is 8.78. The van der Waals surface area contributed by atoms with Gasteiger partial charge < -0.3 is 16.2 Å². The van der Waals surface area contributed by atoms with Gasteiger partial charge in [-0.15, -0.1) is 0 Å². The third-order valence-corrected chi connectivity index (χ3v) is 2.80. The molecular weight excluding hydrogens is 214 g/mol. The molecule has 0 radical (unpaired) electrons. The van der Waals surface area contributed by atoms with Crippen molar-refractivity contribution in [2.45, 2.75) is 13.3 Å². The smallest absolute Gasteiger partial charge is 0.134 e. The van der Waals surface area contributed by atoms with Gasteiger partial charge in [0, 0.05) is 35.8 Å². The molecular formula is C13H17N3O. The van der Waals surface area contributed by atoms with Gasteiger partial charge in [0.15, 0.2) is 0 Å². The highest BCUT2D eigenvalue weighted by molar-refractivity contribution is 6.01. The molecule has 0 aliphatic carbocycles. The molecule has 0 saturated heterocycles. The first-order chi connectivity index (χ1) is 8.24. The summed E-state index contributed by atoms with van der Waals surface area (Å²) in [4.78, 5) is 4.33. The normalized spacial score (nSPS) is 10.7. The van der Waals surface area contributed by atoms with Crippen LogP contribution >= 0.6 is 0 Å². The molecule has 90 valence electrons. The Morgan fingerprint density at radius 3 is 2.94 bits per heavy atom. The van der Waals surface area contributed by atoms with Crippen LogP contribution in [0, 0.1) is 6.92 Å². The number of aliphatic hydroxyl groups is 1. The van der Waals surface area contributed by atoms with Crippen molar-refractivity contribution in [2.24, 2.45) is 0 Å². The van der Waals surface area contributed by atoms with Gasteiger partial charge >= 0.3 is 0 Å². The zero-order valence-corrected chi connectivity index (χ0v) is 9.90. The van der Waals surface area contributed by atoms with Crippen LogP contribution < -0.4 is 11.1 Å². The molecule has 0 unspecified atom stereocenters. The molecule has 0 amide bonds. The fourth-order valence-corrected chi connectivity index (χ4v) is 1.91. The number of benzene rings is 1. The van der Waals surface area contributed by atoms with Crippen molar-refractivity contribution in [3.8, 4) is 0 Å². The van der Waals surface area contributed by atoms with Gasteiger partial charge in [-0.25, -0.2) is 4.98 Å². The first kappa shape index (κ1) is 11.7. The van der Waals surface area contributed by atoms with Crippen LogP contribution in [0.1, 0.15) is 12.0 Å². The van der Waals surface area contributed by atoms with E-state index in [1.165, 1.54) is 0 Å². The van der Waals surface area contributed by atoms with Crippen molar-refractivity contribution in [1.82, 2.24) is 4.98 Å². The van der Waals surface area contributed by atoms with E-state index in [2.05, 4.69) is 10.3 Å². The molecule has 4 nitrogen and oxygen atoms in total. The predicted molar refractivity (Wildman–Crippen MR) is 71.1 cm³/mol. The van der Waals surface area contributed by atoms with E-state index in [0.29, 0.717) is 13.0 Å². The molecule has 4 heteroatoms. The minimum Gasteiger partial charge on any atom is -0.398 e. The molecule has 1 heterocycles. The maximum Gasteiger partial charge on any atom is 0.134 e. The van der Waals surface area contributed by atoms with Crippen molar-refractivity contribution in [3.05, 3.63) is 30.0 Å². The molecule has 0 bridgehead atoms. The van der Waals surface area contributed by atoms with E-state index in [4.69, 9.17) is 10.8 Å². The Bertz CT molecular complexity index is 525. The molecule has 2 rings (SSSR count). The summed E-state index contributed by atoms with van der Waals surface area (Å²) in [5.74, 6) is 0.834. The average molecular weight is 231 g/mol. The second-order valence-corrected chi connectivity index (χ2v) is 4.06. The number of anilines is 2. The molecule has 17 heavy (non-hydrogen) atoms. The number of nitrogens with one attached hydrogen (secondary N) is 1. The van der Waals surface area contributed by atoms with Crippen LogP contribution in [0.4, 0.5) is 11.5 Å². The first-order valence-electron chi connectivity index (χ1n) is 5.72. The van der Waals surface area contributed by atoms with Gasteiger partial charge in [-0.1, -0.05) is 6.07 Å². The number of aryl methyl sites for hydroxylation is 1. The van der Waals surface area contributed by atoms with Crippen LogP contribution in [0.2, 0.25) is 0 Å². The fraction of sp³-hybridized carbons (Fsp3) is 0.308. The summed E-state index contributed by atoms with van der Waals surface area (Å²) in [5.41, 5.74) is 7.86. The molecule has 0 atom stereocenters. The number of rotatable bonds is 4. The number of hydrogen-bond acceptors (Lipinski definition) is 4. The summed E-state index contributed by atoms with van der Waals surface area (Å²) in [6.45, 7) is 2.93. The molecule has 1 aromatic heterocycles. The van der Waals surface area contributed by atoms with Crippen LogP contribution in [0.5, 0.6) is 0 Å². The monoisotopic (exact) mass is 231 g/mol. The quantitative estimate of drug-likeness (QED) is 0.555. The van der Waals surface area contributed by atoms with E-state index < -0.39 is 0 Å². The Hall–Kier alpha value is -1.81. The van der Waals surface area contributed by atoms with E-state index in [-0.39, 0.29) is 6.61 Å². The van der Waals surface area contributed by atoms with Gasteiger partial charge in [0.25, 0.3) is 0 Å². The SMILES string of the molecule is Cc1ccc(N)c2ccnc(NCCCO)c12. The van der Waals surface area contributed by atoms with Crippen molar-refractivity contribution in [2.75, 3.05) is 24.2 Å². The number of nitrogen functional groups attached to an aromatic ring is 1. The second kappa shape index (κ2) is 5.01. The van der Waals surface area contributed by atoms with Crippen LogP contribution in [-0.4, -0.2) is 23.2 Å². The Kier molecular flexibility index (Phi) is 3.44. The lowest BCUT2D eigenvalue weighted by Crippen LogP contribution is -2.06. The van der Waals surface area contributed by atoms with Crippen LogP contribution in [0.25, 0.3) is 10.8 Å². The summed E-state index contributed by atoms with van der Waals surface area (Å²) in [7, 11) is 0. The number of aromatic nitrogens is 1. The van der Waals surface area contributed by atoms with Crippen LogP contribution in [0.15, 0.2) is 24.4 Å². The number of fused-ring (bicyclic) bond motifs is 1. The van der Waals surface area contributed by atoms with Crippen molar-refractivity contribution in [1.29, 1.82) is 0 Å². The third-order valence-electron chi connectivity index (χ3n) is 2.80. The standard InChI is InChI=1S/C13H17N3O/c1-9-3-4-11(14)10-5-7-16-13(12(9)10)15-6-2-8-17/h3-5,7,17H,2,6,8,14H2,1H3,(H,15,16). The highest BCUT2D eigenvalue weighted by Crippen LogP contribution is 2.28. The van der Waals surface area contributed by atoms with Crippen LogP contribution in [-0.2, 0) is 0 Å². The Morgan fingerprint density at radius 1 is 1.35 bits per heavy atom. The largest absolute Gasteiger partial charge is 0.398 e. The summed E-state index contributed by atoms with van der Waals surface area (Å²) >= 11 is 0. The second-order valence-electron chi connectivity index (χ2n) is 4.06. The molecule has 0 fully saturated rings. The minimum absolute atomic E-state index is 0.179. The summed E-state index contributed by atoms with van der Waals surface area (Å²) < 4.78 is 0. The van der Waals surface area contributed by atoms with Gasteiger partial charge in [-0.2, -0.15) is 0 Å². The number of aliphatic hydroxyl groups excluding tert-OH is 1. The first-order valence-corrected chi connectivity index (χ1v) is 5.72. The lowest BCUT2D eigenvalue weighted by atomic mass is 10.1. The average Bonchev–Trinajstić information content (AvgIpc) is 2.34.